The molecule has 3 nitrogen and oxygen atoms in total. The van der Waals surface area contributed by atoms with Crippen LogP contribution >= 0.6 is 0 Å². The minimum Gasteiger partial charge on any atom is -0.477 e. The van der Waals surface area contributed by atoms with E-state index in [2.05, 4.69) is 51.7 Å². The van der Waals surface area contributed by atoms with Gasteiger partial charge in [0.25, 0.3) is 0 Å². The highest BCUT2D eigenvalue weighted by molar-refractivity contribution is 5.88. The Morgan fingerprint density at radius 3 is 2.07 bits per heavy atom. The zero-order chi connectivity index (χ0) is 19.6. The number of rotatable bonds is 3. The van der Waals surface area contributed by atoms with Crippen LogP contribution < -0.4 is 0 Å². The summed E-state index contributed by atoms with van der Waals surface area (Å²) >= 11 is 0. The fourth-order valence-electron chi connectivity index (χ4n) is 5.01. The minimum absolute atomic E-state index is 0.147. The number of aromatic nitrogens is 1. The Kier molecular flexibility index (Phi) is 3.82. The molecule has 0 spiro atoms. The van der Waals surface area contributed by atoms with Gasteiger partial charge in [-0.05, 0) is 77.3 Å². The Bertz CT molecular complexity index is 935. The molecule has 142 valence electrons. The SMILES string of the molecule is Cc1cc2c(cc1C1(c3cccnc3C(=O)O)CC1)C(C)(C)CCC2(C)C. The van der Waals surface area contributed by atoms with Gasteiger partial charge in [-0.2, -0.15) is 0 Å². The highest BCUT2D eigenvalue weighted by Crippen LogP contribution is 2.57. The first-order valence-corrected chi connectivity index (χ1v) is 9.93. The summed E-state index contributed by atoms with van der Waals surface area (Å²) in [6.07, 6.45) is 5.93. The first-order valence-electron chi connectivity index (χ1n) is 9.93. The van der Waals surface area contributed by atoms with Crippen molar-refractivity contribution >= 4 is 5.97 Å². The number of carboxylic acids is 1. The molecule has 3 heteroatoms. The fraction of sp³-hybridized carbons (Fsp3) is 0.500. The number of fused-ring (bicyclic) bond motifs is 1. The maximum absolute atomic E-state index is 11.8. The van der Waals surface area contributed by atoms with Gasteiger partial charge in [0.05, 0.1) is 0 Å². The molecule has 0 atom stereocenters. The van der Waals surface area contributed by atoms with E-state index in [0.29, 0.717) is 0 Å². The predicted molar refractivity (Wildman–Crippen MR) is 108 cm³/mol. The Labute approximate surface area is 161 Å². The van der Waals surface area contributed by atoms with Crippen LogP contribution in [0, 0.1) is 6.92 Å². The molecule has 1 saturated carbocycles. The van der Waals surface area contributed by atoms with E-state index in [4.69, 9.17) is 0 Å². The quantitative estimate of drug-likeness (QED) is 0.781. The number of hydrogen-bond donors (Lipinski definition) is 1. The molecule has 1 N–H and O–H groups in total. The van der Waals surface area contributed by atoms with E-state index in [1.807, 2.05) is 12.1 Å². The predicted octanol–water partition coefficient (Wildman–Crippen LogP) is 5.52. The molecule has 2 aliphatic carbocycles. The Hall–Kier alpha value is -2.16. The second-order valence-corrected chi connectivity index (χ2v) is 9.77. The van der Waals surface area contributed by atoms with Crippen molar-refractivity contribution in [1.29, 1.82) is 0 Å². The smallest absolute Gasteiger partial charge is 0.354 e. The van der Waals surface area contributed by atoms with Crippen molar-refractivity contribution < 1.29 is 9.90 Å². The summed E-state index contributed by atoms with van der Waals surface area (Å²) in [6, 6.07) is 8.60. The van der Waals surface area contributed by atoms with Gasteiger partial charge < -0.3 is 5.11 Å². The maximum atomic E-state index is 11.8. The van der Waals surface area contributed by atoms with Gasteiger partial charge in [-0.1, -0.05) is 45.9 Å². The van der Waals surface area contributed by atoms with Gasteiger partial charge in [0.1, 0.15) is 0 Å². The number of benzene rings is 1. The average Bonchev–Trinajstić information content (AvgIpc) is 3.40. The molecule has 0 radical (unpaired) electrons. The van der Waals surface area contributed by atoms with Gasteiger partial charge >= 0.3 is 5.97 Å². The molecule has 2 aliphatic rings. The van der Waals surface area contributed by atoms with Gasteiger partial charge in [0.15, 0.2) is 5.69 Å². The number of nitrogens with zero attached hydrogens (tertiary/aromatic N) is 1. The van der Waals surface area contributed by atoms with Crippen LogP contribution in [0.15, 0.2) is 30.5 Å². The minimum atomic E-state index is -0.936. The third-order valence-electron chi connectivity index (χ3n) is 6.99. The van der Waals surface area contributed by atoms with Gasteiger partial charge in [0.2, 0.25) is 0 Å². The lowest BCUT2D eigenvalue weighted by Crippen LogP contribution is -2.34. The summed E-state index contributed by atoms with van der Waals surface area (Å²) in [5.41, 5.74) is 6.67. The van der Waals surface area contributed by atoms with Crippen LogP contribution in [0.1, 0.15) is 91.7 Å². The third kappa shape index (κ3) is 2.70. The molecule has 27 heavy (non-hydrogen) atoms. The molecule has 0 aliphatic heterocycles. The van der Waals surface area contributed by atoms with E-state index in [-0.39, 0.29) is 21.9 Å². The number of pyridine rings is 1. The van der Waals surface area contributed by atoms with Crippen molar-refractivity contribution in [2.75, 3.05) is 0 Å². The Morgan fingerprint density at radius 1 is 0.926 bits per heavy atom. The number of hydrogen-bond acceptors (Lipinski definition) is 2. The van der Waals surface area contributed by atoms with Crippen molar-refractivity contribution in [3.63, 3.8) is 0 Å². The van der Waals surface area contributed by atoms with Crippen LogP contribution in [0.4, 0.5) is 0 Å². The molecule has 0 amide bonds. The zero-order valence-corrected chi connectivity index (χ0v) is 17.0. The molecule has 0 unspecified atom stereocenters. The van der Waals surface area contributed by atoms with E-state index < -0.39 is 5.97 Å². The lowest BCUT2D eigenvalue weighted by atomic mass is 9.62. The van der Waals surface area contributed by atoms with Gasteiger partial charge in [-0.25, -0.2) is 9.78 Å². The van der Waals surface area contributed by atoms with Gasteiger partial charge in [-0.3, -0.25) is 0 Å². The topological polar surface area (TPSA) is 50.2 Å². The lowest BCUT2D eigenvalue weighted by Gasteiger charge is -2.43. The molecule has 4 rings (SSSR count). The Morgan fingerprint density at radius 2 is 1.52 bits per heavy atom. The van der Waals surface area contributed by atoms with E-state index in [1.54, 1.807) is 6.20 Å². The molecule has 1 aromatic heterocycles. The molecule has 1 fully saturated rings. The van der Waals surface area contributed by atoms with Gasteiger partial charge in [0, 0.05) is 11.6 Å². The van der Waals surface area contributed by atoms with Crippen molar-refractivity contribution in [3.05, 3.63) is 64.0 Å². The van der Waals surface area contributed by atoms with Crippen molar-refractivity contribution in [3.8, 4) is 0 Å². The first-order chi connectivity index (χ1) is 12.6. The summed E-state index contributed by atoms with van der Waals surface area (Å²) < 4.78 is 0. The van der Waals surface area contributed by atoms with Crippen LogP contribution in [0.3, 0.4) is 0 Å². The second kappa shape index (κ2) is 5.67. The van der Waals surface area contributed by atoms with Crippen molar-refractivity contribution in [1.82, 2.24) is 4.98 Å². The van der Waals surface area contributed by atoms with Crippen LogP contribution in [0.25, 0.3) is 0 Å². The number of carboxylic acid groups (broad SMARTS) is 1. The molecular formula is C24H29NO2. The zero-order valence-electron chi connectivity index (χ0n) is 17.0. The molecule has 0 saturated heterocycles. The van der Waals surface area contributed by atoms with Crippen molar-refractivity contribution in [2.45, 2.75) is 76.5 Å². The fourth-order valence-corrected chi connectivity index (χ4v) is 5.01. The van der Waals surface area contributed by atoms with Crippen molar-refractivity contribution in [2.24, 2.45) is 0 Å². The Balaban J connectivity index is 1.93. The van der Waals surface area contributed by atoms with Crippen LogP contribution in [0.2, 0.25) is 0 Å². The van der Waals surface area contributed by atoms with Crippen LogP contribution in [-0.2, 0) is 16.2 Å². The summed E-state index contributed by atoms with van der Waals surface area (Å²) in [6.45, 7) is 11.6. The van der Waals surface area contributed by atoms with Crippen LogP contribution in [0.5, 0.6) is 0 Å². The molecule has 2 aromatic rings. The number of aromatic carboxylic acids is 1. The maximum Gasteiger partial charge on any atom is 0.354 e. The highest BCUT2D eigenvalue weighted by atomic mass is 16.4. The van der Waals surface area contributed by atoms with Gasteiger partial charge in [-0.15, -0.1) is 0 Å². The lowest BCUT2D eigenvalue weighted by molar-refractivity contribution is 0.0688. The van der Waals surface area contributed by atoms with E-state index in [1.165, 1.54) is 35.1 Å². The standard InChI is InChI=1S/C24H29NO2/c1-15-13-18-19(23(4,5)9-8-22(18,2)3)14-17(15)24(10-11-24)16-7-6-12-25-20(16)21(26)27/h6-7,12-14H,8-11H2,1-5H3,(H,26,27). The summed E-state index contributed by atoms with van der Waals surface area (Å²) in [5.74, 6) is -0.936. The summed E-state index contributed by atoms with van der Waals surface area (Å²) in [4.78, 5) is 16.0. The molecule has 0 bridgehead atoms. The largest absolute Gasteiger partial charge is 0.477 e. The number of carbonyl (C=O) groups is 1. The van der Waals surface area contributed by atoms with E-state index in [9.17, 15) is 9.90 Å². The molecular weight excluding hydrogens is 334 g/mol. The monoisotopic (exact) mass is 363 g/mol. The highest BCUT2D eigenvalue weighted by Gasteiger charge is 2.50. The number of aryl methyl sites for hydroxylation is 1. The van der Waals surface area contributed by atoms with E-state index in [0.717, 1.165) is 18.4 Å². The molecule has 1 heterocycles. The molecule has 1 aromatic carbocycles. The third-order valence-corrected chi connectivity index (χ3v) is 6.99. The second-order valence-electron chi connectivity index (χ2n) is 9.77. The van der Waals surface area contributed by atoms with E-state index >= 15 is 0 Å². The van der Waals surface area contributed by atoms with Crippen LogP contribution in [-0.4, -0.2) is 16.1 Å². The normalized spacial score (nSPS) is 21.4. The average molecular weight is 364 g/mol. The summed E-state index contributed by atoms with van der Waals surface area (Å²) in [5, 5.41) is 9.65. The summed E-state index contributed by atoms with van der Waals surface area (Å²) in [7, 11) is 0. The first kappa shape index (κ1) is 18.2.